The minimum absolute atomic E-state index is 0.125. The first kappa shape index (κ1) is 12.6. The van der Waals surface area contributed by atoms with Crippen molar-refractivity contribution in [2.24, 2.45) is 0 Å². The summed E-state index contributed by atoms with van der Waals surface area (Å²) in [6.45, 7) is 5.72. The number of methoxy groups -OCH3 is 1. The molecule has 1 aromatic rings. The van der Waals surface area contributed by atoms with Crippen LogP contribution in [0.15, 0.2) is 0 Å². The highest BCUT2D eigenvalue weighted by atomic mass is 16.5. The molecule has 0 aliphatic heterocycles. The van der Waals surface area contributed by atoms with Crippen LogP contribution in [0.25, 0.3) is 0 Å². The molecule has 16 heavy (non-hydrogen) atoms. The van der Waals surface area contributed by atoms with E-state index in [0.29, 0.717) is 0 Å². The number of hydrogen-bond donors (Lipinski definition) is 1. The number of aliphatic hydroxyl groups excluding tert-OH is 1. The van der Waals surface area contributed by atoms with E-state index in [4.69, 9.17) is 0 Å². The summed E-state index contributed by atoms with van der Waals surface area (Å²) in [5.74, 6) is -0.389. The van der Waals surface area contributed by atoms with Crippen molar-refractivity contribution >= 4 is 5.97 Å². The number of aromatic nitrogens is 4. The van der Waals surface area contributed by atoms with Crippen LogP contribution in [0.1, 0.15) is 39.1 Å². The van der Waals surface area contributed by atoms with Gasteiger partial charge >= 0.3 is 5.97 Å². The van der Waals surface area contributed by atoms with Crippen molar-refractivity contribution in [3.8, 4) is 0 Å². The standard InChI is InChI=1S/C9H16N4O3/c1-9(2,3)13-11-8(10-12-13)6(14)5-7(15)16-4/h6,14H,5H2,1-4H3/t6-/m1/s1. The minimum Gasteiger partial charge on any atom is -0.469 e. The summed E-state index contributed by atoms with van der Waals surface area (Å²) in [6, 6.07) is 0. The van der Waals surface area contributed by atoms with E-state index in [1.165, 1.54) is 11.9 Å². The number of nitrogens with zero attached hydrogens (tertiary/aromatic N) is 4. The Kier molecular flexibility index (Phi) is 3.58. The number of rotatable bonds is 3. The van der Waals surface area contributed by atoms with Crippen LogP contribution in [0, 0.1) is 0 Å². The Labute approximate surface area is 93.4 Å². The number of carbonyl (C=O) groups is 1. The van der Waals surface area contributed by atoms with Gasteiger partial charge in [0.05, 0.1) is 19.1 Å². The molecule has 0 spiro atoms. The smallest absolute Gasteiger partial charge is 0.308 e. The lowest BCUT2D eigenvalue weighted by Gasteiger charge is -2.15. The topological polar surface area (TPSA) is 90.1 Å². The minimum atomic E-state index is -1.08. The molecule has 7 heteroatoms. The average Bonchev–Trinajstić information content (AvgIpc) is 2.65. The van der Waals surface area contributed by atoms with Gasteiger partial charge in [0.1, 0.15) is 6.10 Å². The molecule has 7 nitrogen and oxygen atoms in total. The molecule has 1 aromatic heterocycles. The maximum Gasteiger partial charge on any atom is 0.308 e. The van der Waals surface area contributed by atoms with Gasteiger partial charge in [-0.3, -0.25) is 4.79 Å². The molecule has 1 atom stereocenters. The lowest BCUT2D eigenvalue weighted by molar-refractivity contribution is -0.143. The largest absolute Gasteiger partial charge is 0.469 e. The summed E-state index contributed by atoms with van der Waals surface area (Å²) >= 11 is 0. The van der Waals surface area contributed by atoms with Crippen molar-refractivity contribution < 1.29 is 14.6 Å². The third kappa shape index (κ3) is 2.99. The monoisotopic (exact) mass is 228 g/mol. The molecule has 1 N–H and O–H groups in total. The number of tetrazole rings is 1. The molecular formula is C9H16N4O3. The quantitative estimate of drug-likeness (QED) is 0.734. The lowest BCUT2D eigenvalue weighted by atomic mass is 10.1. The normalized spacial score (nSPS) is 13.6. The van der Waals surface area contributed by atoms with Crippen LogP contribution in [0.3, 0.4) is 0 Å². The van der Waals surface area contributed by atoms with Gasteiger partial charge in [0.2, 0.25) is 5.82 Å². The highest BCUT2D eigenvalue weighted by Gasteiger charge is 2.22. The maximum absolute atomic E-state index is 10.9. The first-order valence-corrected chi connectivity index (χ1v) is 4.90. The Hall–Kier alpha value is -1.50. The fourth-order valence-corrected chi connectivity index (χ4v) is 0.975. The van der Waals surface area contributed by atoms with E-state index >= 15 is 0 Å². The summed E-state index contributed by atoms with van der Waals surface area (Å²) in [5.41, 5.74) is -0.309. The number of carbonyl (C=O) groups excluding carboxylic acids is 1. The SMILES string of the molecule is COC(=O)C[C@@H](O)c1nnn(C(C)(C)C)n1. The first-order valence-electron chi connectivity index (χ1n) is 4.90. The summed E-state index contributed by atoms with van der Waals surface area (Å²) in [4.78, 5) is 12.3. The molecular weight excluding hydrogens is 212 g/mol. The Morgan fingerprint density at radius 2 is 2.19 bits per heavy atom. The third-order valence-corrected chi connectivity index (χ3v) is 1.91. The summed E-state index contributed by atoms with van der Waals surface area (Å²) in [7, 11) is 1.26. The van der Waals surface area contributed by atoms with Crippen LogP contribution in [-0.2, 0) is 15.1 Å². The van der Waals surface area contributed by atoms with E-state index < -0.39 is 12.1 Å². The molecule has 0 bridgehead atoms. The van der Waals surface area contributed by atoms with Gasteiger partial charge in [0.25, 0.3) is 0 Å². The Morgan fingerprint density at radius 1 is 1.56 bits per heavy atom. The Bertz CT molecular complexity index is 369. The van der Waals surface area contributed by atoms with Gasteiger partial charge < -0.3 is 9.84 Å². The molecule has 1 rings (SSSR count). The predicted molar refractivity (Wildman–Crippen MR) is 54.4 cm³/mol. The Morgan fingerprint density at radius 3 is 2.62 bits per heavy atom. The summed E-state index contributed by atoms with van der Waals surface area (Å²) in [5, 5.41) is 21.1. The average molecular weight is 228 g/mol. The van der Waals surface area contributed by atoms with Gasteiger partial charge in [0.15, 0.2) is 0 Å². The molecule has 0 aromatic carbocycles. The highest BCUT2D eigenvalue weighted by molar-refractivity contribution is 5.69. The van der Waals surface area contributed by atoms with Crippen molar-refractivity contribution in [3.63, 3.8) is 0 Å². The van der Waals surface area contributed by atoms with E-state index in [-0.39, 0.29) is 17.8 Å². The van der Waals surface area contributed by atoms with Crippen LogP contribution in [0.4, 0.5) is 0 Å². The van der Waals surface area contributed by atoms with Gasteiger partial charge in [-0.25, -0.2) is 0 Å². The van der Waals surface area contributed by atoms with Crippen LogP contribution in [0.5, 0.6) is 0 Å². The van der Waals surface area contributed by atoms with Crippen LogP contribution >= 0.6 is 0 Å². The molecule has 90 valence electrons. The molecule has 0 fully saturated rings. The molecule has 0 radical (unpaired) electrons. The van der Waals surface area contributed by atoms with Crippen LogP contribution < -0.4 is 0 Å². The second-order valence-electron chi connectivity index (χ2n) is 4.40. The zero-order chi connectivity index (χ0) is 12.3. The van der Waals surface area contributed by atoms with Crippen molar-refractivity contribution in [1.82, 2.24) is 20.2 Å². The van der Waals surface area contributed by atoms with E-state index in [9.17, 15) is 9.90 Å². The molecule has 1 heterocycles. The predicted octanol–water partition coefficient (Wildman–Crippen LogP) is 0.0246. The second-order valence-corrected chi connectivity index (χ2v) is 4.40. The van der Waals surface area contributed by atoms with Gasteiger partial charge in [-0.05, 0) is 26.0 Å². The van der Waals surface area contributed by atoms with Crippen LogP contribution in [-0.4, -0.2) is 38.4 Å². The van der Waals surface area contributed by atoms with E-state index in [0.717, 1.165) is 0 Å². The molecule has 0 aliphatic rings. The van der Waals surface area contributed by atoms with Gasteiger partial charge in [-0.2, -0.15) is 4.80 Å². The van der Waals surface area contributed by atoms with E-state index in [1.807, 2.05) is 20.8 Å². The van der Waals surface area contributed by atoms with Crippen molar-refractivity contribution in [2.45, 2.75) is 38.8 Å². The zero-order valence-corrected chi connectivity index (χ0v) is 9.84. The van der Waals surface area contributed by atoms with Gasteiger partial charge in [0, 0.05) is 0 Å². The van der Waals surface area contributed by atoms with Gasteiger partial charge in [-0.15, -0.1) is 10.2 Å². The second kappa shape index (κ2) is 4.56. The fraction of sp³-hybridized carbons (Fsp3) is 0.778. The molecule has 0 amide bonds. The molecule has 0 unspecified atom stereocenters. The highest BCUT2D eigenvalue weighted by Crippen LogP contribution is 2.14. The van der Waals surface area contributed by atoms with Crippen molar-refractivity contribution in [2.75, 3.05) is 7.11 Å². The van der Waals surface area contributed by atoms with E-state index in [1.54, 1.807) is 0 Å². The number of esters is 1. The third-order valence-electron chi connectivity index (χ3n) is 1.91. The number of hydrogen-bond acceptors (Lipinski definition) is 6. The van der Waals surface area contributed by atoms with E-state index in [2.05, 4.69) is 20.1 Å². The number of aliphatic hydroxyl groups is 1. The van der Waals surface area contributed by atoms with Gasteiger partial charge in [-0.1, -0.05) is 0 Å². The van der Waals surface area contributed by atoms with Crippen molar-refractivity contribution in [1.29, 1.82) is 0 Å². The molecule has 0 aliphatic carbocycles. The molecule has 0 saturated heterocycles. The Balaban J connectivity index is 2.74. The van der Waals surface area contributed by atoms with Crippen molar-refractivity contribution in [3.05, 3.63) is 5.82 Å². The number of ether oxygens (including phenoxy) is 1. The first-order chi connectivity index (χ1) is 7.34. The van der Waals surface area contributed by atoms with Crippen LogP contribution in [0.2, 0.25) is 0 Å². The summed E-state index contributed by atoms with van der Waals surface area (Å²) < 4.78 is 4.43. The summed E-state index contributed by atoms with van der Waals surface area (Å²) in [6.07, 6.45) is -1.25. The fourth-order valence-electron chi connectivity index (χ4n) is 0.975. The zero-order valence-electron chi connectivity index (χ0n) is 9.84. The molecule has 0 saturated carbocycles. The lowest BCUT2D eigenvalue weighted by Crippen LogP contribution is -2.25. The maximum atomic E-state index is 10.9.